The van der Waals surface area contributed by atoms with Crippen molar-refractivity contribution in [1.29, 1.82) is 0 Å². The summed E-state index contributed by atoms with van der Waals surface area (Å²) < 4.78 is 10.5. The molecule has 8 heteroatoms. The summed E-state index contributed by atoms with van der Waals surface area (Å²) in [6.45, 7) is 0.588. The number of carbonyl (C=O) groups excluding carboxylic acids is 4. The largest absolute Gasteiger partial charge is 0.462 e. The molecule has 4 atom stereocenters. The van der Waals surface area contributed by atoms with Crippen LogP contribution in [0.25, 0.3) is 0 Å². The summed E-state index contributed by atoms with van der Waals surface area (Å²) in [4.78, 5) is 52.1. The highest BCUT2D eigenvalue weighted by Crippen LogP contribution is 2.26. The zero-order valence-corrected chi connectivity index (χ0v) is 17.3. The first kappa shape index (κ1) is 23.7. The van der Waals surface area contributed by atoms with E-state index in [1.165, 1.54) is 0 Å². The minimum Gasteiger partial charge on any atom is -0.462 e. The molecule has 0 aromatic heterocycles. The zero-order valence-electron chi connectivity index (χ0n) is 17.3. The number of rotatable bonds is 8. The normalized spacial score (nSPS) is 27.1. The molecule has 0 radical (unpaired) electrons. The summed E-state index contributed by atoms with van der Waals surface area (Å²) in [7, 11) is 0. The monoisotopic (exact) mass is 418 g/mol. The highest BCUT2D eigenvalue weighted by atomic mass is 16.5. The first-order chi connectivity index (χ1) is 14.6. The van der Waals surface area contributed by atoms with Gasteiger partial charge in [0.05, 0.1) is 25.3 Å². The van der Waals surface area contributed by atoms with Gasteiger partial charge in [-0.1, -0.05) is 12.8 Å². The molecule has 0 N–H and O–H groups in total. The van der Waals surface area contributed by atoms with Crippen LogP contribution in [0.2, 0.25) is 0 Å². The molecule has 0 aromatic carbocycles. The first-order valence-electron chi connectivity index (χ1n) is 10.8. The first-order valence-corrected chi connectivity index (χ1v) is 10.8. The Morgan fingerprint density at radius 1 is 0.700 bits per heavy atom. The highest BCUT2D eigenvalue weighted by Gasteiger charge is 2.20. The Morgan fingerprint density at radius 3 is 1.53 bits per heavy atom. The lowest BCUT2D eigenvalue weighted by Crippen LogP contribution is -2.14. The van der Waals surface area contributed by atoms with Gasteiger partial charge in [-0.25, -0.2) is 29.2 Å². The van der Waals surface area contributed by atoms with Gasteiger partial charge in [-0.05, 0) is 63.2 Å². The molecular weight excluding hydrogens is 388 g/mol. The summed E-state index contributed by atoms with van der Waals surface area (Å²) >= 11 is 0. The predicted octanol–water partition coefficient (Wildman–Crippen LogP) is 3.20. The van der Waals surface area contributed by atoms with Crippen LogP contribution in [0.1, 0.15) is 64.2 Å². The molecule has 0 bridgehead atoms. The Labute approximate surface area is 176 Å². The summed E-state index contributed by atoms with van der Waals surface area (Å²) in [6, 6.07) is 0.0462. The van der Waals surface area contributed by atoms with E-state index in [1.54, 1.807) is 12.2 Å². The van der Waals surface area contributed by atoms with Crippen LogP contribution in [0, 0.1) is 11.8 Å². The van der Waals surface area contributed by atoms with Gasteiger partial charge in [0.2, 0.25) is 12.2 Å². The molecule has 0 aromatic rings. The molecule has 2 rings (SSSR count). The third-order valence-electron chi connectivity index (χ3n) is 5.86. The van der Waals surface area contributed by atoms with Gasteiger partial charge in [0.15, 0.2) is 0 Å². The fourth-order valence-corrected chi connectivity index (χ4v) is 4.09. The van der Waals surface area contributed by atoms with E-state index in [2.05, 4.69) is 9.98 Å². The van der Waals surface area contributed by atoms with Crippen LogP contribution < -0.4 is 0 Å². The number of aliphatic imine (C=N–C) groups is 2. The van der Waals surface area contributed by atoms with E-state index in [4.69, 9.17) is 9.47 Å². The smallest absolute Gasteiger partial charge is 0.331 e. The van der Waals surface area contributed by atoms with Crippen molar-refractivity contribution < 1.29 is 28.7 Å². The molecular formula is C22H30N2O6. The fourth-order valence-electron chi connectivity index (χ4n) is 4.09. The molecule has 0 heterocycles. The molecule has 2 saturated carbocycles. The number of carbonyl (C=O) groups is 2. The van der Waals surface area contributed by atoms with E-state index in [0.717, 1.165) is 76.4 Å². The van der Waals surface area contributed by atoms with E-state index < -0.39 is 11.9 Å². The average molecular weight is 418 g/mol. The minimum atomic E-state index is -0.567. The van der Waals surface area contributed by atoms with Gasteiger partial charge in [0.25, 0.3) is 0 Å². The molecule has 164 valence electrons. The average Bonchev–Trinajstić information content (AvgIpc) is 3.10. The molecule has 2 aliphatic rings. The maximum atomic E-state index is 11.9. The van der Waals surface area contributed by atoms with E-state index >= 15 is 0 Å². The van der Waals surface area contributed by atoms with Crippen molar-refractivity contribution in [2.24, 2.45) is 21.8 Å². The van der Waals surface area contributed by atoms with Crippen molar-refractivity contribution >= 4 is 24.1 Å². The second-order valence-corrected chi connectivity index (χ2v) is 8.09. The number of hydrogen-bond acceptors (Lipinski definition) is 8. The summed E-state index contributed by atoms with van der Waals surface area (Å²) in [5, 5.41) is 0. The molecule has 4 unspecified atom stereocenters. The third-order valence-corrected chi connectivity index (χ3v) is 5.86. The lowest BCUT2D eigenvalue weighted by Gasteiger charge is -2.14. The van der Waals surface area contributed by atoms with Crippen molar-refractivity contribution in [2.45, 2.75) is 76.3 Å². The van der Waals surface area contributed by atoms with E-state index in [0.29, 0.717) is 13.2 Å². The van der Waals surface area contributed by atoms with Crippen LogP contribution in [-0.2, 0) is 28.7 Å². The van der Waals surface area contributed by atoms with Crippen LogP contribution in [0.4, 0.5) is 0 Å². The van der Waals surface area contributed by atoms with Crippen molar-refractivity contribution in [2.75, 3.05) is 13.2 Å². The maximum Gasteiger partial charge on any atom is 0.331 e. The summed E-state index contributed by atoms with van der Waals surface area (Å²) in [6.07, 6.45) is 14.1. The van der Waals surface area contributed by atoms with Crippen molar-refractivity contribution in [3.63, 3.8) is 0 Å². The molecule has 8 nitrogen and oxygen atoms in total. The van der Waals surface area contributed by atoms with Gasteiger partial charge in [0, 0.05) is 12.2 Å². The van der Waals surface area contributed by atoms with Crippen molar-refractivity contribution in [3.05, 3.63) is 12.2 Å². The molecule has 30 heavy (non-hydrogen) atoms. The Bertz CT molecular complexity index is 636. The van der Waals surface area contributed by atoms with Crippen LogP contribution in [0.15, 0.2) is 22.1 Å². The molecule has 2 aliphatic carbocycles. The van der Waals surface area contributed by atoms with E-state index in [-0.39, 0.29) is 23.9 Å². The van der Waals surface area contributed by atoms with E-state index in [1.807, 2.05) is 0 Å². The van der Waals surface area contributed by atoms with Crippen molar-refractivity contribution in [1.82, 2.24) is 0 Å². The number of hydrogen-bond donors (Lipinski definition) is 0. The van der Waals surface area contributed by atoms with Crippen LogP contribution in [0.3, 0.4) is 0 Å². The number of ether oxygens (including phenoxy) is 2. The molecule has 2 fully saturated rings. The summed E-state index contributed by atoms with van der Waals surface area (Å²) in [5.41, 5.74) is 0. The lowest BCUT2D eigenvalue weighted by atomic mass is 10.0. The van der Waals surface area contributed by atoms with Gasteiger partial charge in [-0.2, -0.15) is 0 Å². The van der Waals surface area contributed by atoms with Crippen molar-refractivity contribution in [3.8, 4) is 0 Å². The van der Waals surface area contributed by atoms with Crippen LogP contribution in [-0.4, -0.2) is 49.4 Å². The Balaban J connectivity index is 1.64. The van der Waals surface area contributed by atoms with Gasteiger partial charge < -0.3 is 9.47 Å². The van der Waals surface area contributed by atoms with E-state index in [9.17, 15) is 19.2 Å². The number of esters is 2. The van der Waals surface area contributed by atoms with Gasteiger partial charge >= 0.3 is 11.9 Å². The quantitative estimate of drug-likeness (QED) is 0.197. The number of nitrogens with zero attached hydrogens (tertiary/aromatic N) is 2. The third kappa shape index (κ3) is 9.29. The second kappa shape index (κ2) is 13.6. The lowest BCUT2D eigenvalue weighted by molar-refractivity contribution is -0.142. The SMILES string of the molecule is O=C=NC1CCCC(COC(=O)C=CC(=O)OCC2CCCC(N=C=O)CC2)CC1. The summed E-state index contributed by atoms with van der Waals surface area (Å²) in [5.74, 6) is -0.655. The van der Waals surface area contributed by atoms with Crippen LogP contribution in [0.5, 0.6) is 0 Å². The molecule has 0 aliphatic heterocycles. The highest BCUT2D eigenvalue weighted by molar-refractivity contribution is 5.91. The predicted molar refractivity (Wildman–Crippen MR) is 108 cm³/mol. The topological polar surface area (TPSA) is 111 Å². The second-order valence-electron chi connectivity index (χ2n) is 8.09. The number of isocyanates is 2. The Kier molecular flexibility index (Phi) is 10.8. The molecule has 0 saturated heterocycles. The van der Waals surface area contributed by atoms with Crippen LogP contribution >= 0.6 is 0 Å². The minimum absolute atomic E-state index is 0.0231. The standard InChI is InChI=1S/C22H30N2O6/c25-15-23-19-5-1-3-17(7-9-19)13-29-21(27)11-12-22(28)30-14-18-4-2-6-20(10-8-18)24-16-26/h11-12,17-20H,1-10,13-14H2. The Hall–Kier alpha value is -2.56. The maximum absolute atomic E-state index is 11.9. The van der Waals surface area contributed by atoms with Gasteiger partial charge in [0.1, 0.15) is 0 Å². The molecule has 0 spiro atoms. The van der Waals surface area contributed by atoms with Gasteiger partial charge in [-0.15, -0.1) is 0 Å². The molecule has 0 amide bonds. The Morgan fingerprint density at radius 2 is 1.13 bits per heavy atom. The fraction of sp³-hybridized carbons (Fsp3) is 0.727. The van der Waals surface area contributed by atoms with Gasteiger partial charge in [-0.3, -0.25) is 0 Å². The zero-order chi connectivity index (χ0) is 21.6.